The number of hydrogen-bond acceptors (Lipinski definition) is 16. The first-order chi connectivity index (χ1) is 26.9. The van der Waals surface area contributed by atoms with E-state index in [0.29, 0.717) is 0 Å². The SMILES string of the molecule is COC(=O)c1ccccc1C(=O)OCC(OC(=O)c1ccccc1C(=O)OC)C(COC(=O)c1ccccc1C(=O)OC)OC(=O)c1ccccc1C(=O)OC. The molecule has 0 N–H and O–H groups in total. The number of esters is 8. The van der Waals surface area contributed by atoms with Gasteiger partial charge in [0.15, 0.2) is 12.2 Å². The Morgan fingerprint density at radius 1 is 0.339 bits per heavy atom. The van der Waals surface area contributed by atoms with Crippen LogP contribution in [0.1, 0.15) is 82.9 Å². The number of methoxy groups -OCH3 is 4. The molecule has 0 heterocycles. The molecule has 0 saturated heterocycles. The molecule has 56 heavy (non-hydrogen) atoms. The fourth-order valence-electron chi connectivity index (χ4n) is 5.10. The second-order valence-corrected chi connectivity index (χ2v) is 11.2. The van der Waals surface area contributed by atoms with E-state index in [9.17, 15) is 38.4 Å². The number of hydrogen-bond donors (Lipinski definition) is 0. The van der Waals surface area contributed by atoms with Gasteiger partial charge in [0.2, 0.25) is 0 Å². The first kappa shape index (κ1) is 41.4. The van der Waals surface area contributed by atoms with E-state index < -0.39 is 73.2 Å². The van der Waals surface area contributed by atoms with Crippen molar-refractivity contribution in [3.63, 3.8) is 0 Å². The molecule has 4 aromatic rings. The van der Waals surface area contributed by atoms with Crippen LogP contribution in [0.4, 0.5) is 0 Å². The lowest BCUT2D eigenvalue weighted by atomic mass is 10.1. The lowest BCUT2D eigenvalue weighted by Crippen LogP contribution is -2.43. The summed E-state index contributed by atoms with van der Waals surface area (Å²) in [5, 5.41) is 0. The molecule has 2 unspecified atom stereocenters. The maximum atomic E-state index is 13.8. The highest BCUT2D eigenvalue weighted by molar-refractivity contribution is 6.05. The molecule has 0 aliphatic heterocycles. The third-order valence-electron chi connectivity index (χ3n) is 7.90. The van der Waals surface area contributed by atoms with Gasteiger partial charge in [-0.05, 0) is 48.5 Å². The van der Waals surface area contributed by atoms with Crippen molar-refractivity contribution >= 4 is 47.8 Å². The van der Waals surface area contributed by atoms with Crippen LogP contribution in [-0.2, 0) is 37.9 Å². The lowest BCUT2D eigenvalue weighted by Gasteiger charge is -2.27. The summed E-state index contributed by atoms with van der Waals surface area (Å²) in [6.07, 6.45) is -3.67. The average Bonchev–Trinajstić information content (AvgIpc) is 3.24. The molecule has 0 aliphatic carbocycles. The number of carbonyl (C=O) groups excluding carboxylic acids is 8. The third kappa shape index (κ3) is 9.98. The molecule has 4 rings (SSSR count). The Balaban J connectivity index is 1.78. The van der Waals surface area contributed by atoms with E-state index >= 15 is 0 Å². The molecule has 2 atom stereocenters. The third-order valence-corrected chi connectivity index (χ3v) is 7.90. The second kappa shape index (κ2) is 19.6. The zero-order valence-electron chi connectivity index (χ0n) is 30.3. The van der Waals surface area contributed by atoms with E-state index in [4.69, 9.17) is 37.9 Å². The number of benzene rings is 4. The highest BCUT2D eigenvalue weighted by Gasteiger charge is 2.35. The molecule has 0 amide bonds. The minimum absolute atomic E-state index is 0.166. The molecule has 16 nitrogen and oxygen atoms in total. The Kier molecular flexibility index (Phi) is 14.5. The molecule has 0 spiro atoms. The predicted molar refractivity (Wildman–Crippen MR) is 190 cm³/mol. The fourth-order valence-corrected chi connectivity index (χ4v) is 5.10. The monoisotopic (exact) mass is 770 g/mol. The number of ether oxygens (including phenoxy) is 8. The first-order valence-corrected chi connectivity index (χ1v) is 16.4. The van der Waals surface area contributed by atoms with Gasteiger partial charge in [-0.3, -0.25) is 0 Å². The van der Waals surface area contributed by atoms with Crippen molar-refractivity contribution in [3.8, 4) is 0 Å². The Hall–Kier alpha value is -7.36. The Labute approximate surface area is 319 Å². The van der Waals surface area contributed by atoms with Gasteiger partial charge >= 0.3 is 47.8 Å². The number of carbonyl (C=O) groups is 8. The molecule has 0 bridgehead atoms. The molecule has 0 aliphatic rings. The van der Waals surface area contributed by atoms with E-state index in [2.05, 4.69) is 0 Å². The summed E-state index contributed by atoms with van der Waals surface area (Å²) in [5.74, 6) is -8.13. The Morgan fingerprint density at radius 2 is 0.536 bits per heavy atom. The van der Waals surface area contributed by atoms with E-state index in [0.717, 1.165) is 28.4 Å². The van der Waals surface area contributed by atoms with Gasteiger partial charge in [0.1, 0.15) is 13.2 Å². The lowest BCUT2D eigenvalue weighted by molar-refractivity contribution is -0.0753. The van der Waals surface area contributed by atoms with Gasteiger partial charge < -0.3 is 37.9 Å². The Morgan fingerprint density at radius 3 is 0.750 bits per heavy atom. The summed E-state index contributed by atoms with van der Waals surface area (Å²) in [6, 6.07) is 21.8. The zero-order chi connectivity index (χ0) is 40.8. The molecular weight excluding hydrogens is 736 g/mol. The van der Waals surface area contributed by atoms with Crippen LogP contribution in [-0.4, -0.2) is 102 Å². The van der Waals surface area contributed by atoms with Crippen LogP contribution in [0.25, 0.3) is 0 Å². The minimum Gasteiger partial charge on any atom is -0.465 e. The van der Waals surface area contributed by atoms with Gasteiger partial charge in [0, 0.05) is 0 Å². The van der Waals surface area contributed by atoms with E-state index in [1.165, 1.54) is 97.1 Å². The highest BCUT2D eigenvalue weighted by atomic mass is 16.6. The summed E-state index contributed by atoms with van der Waals surface area (Å²) in [6.45, 7) is -1.82. The van der Waals surface area contributed by atoms with Crippen molar-refractivity contribution in [2.45, 2.75) is 12.2 Å². The first-order valence-electron chi connectivity index (χ1n) is 16.4. The van der Waals surface area contributed by atoms with Crippen LogP contribution >= 0.6 is 0 Å². The van der Waals surface area contributed by atoms with Crippen molar-refractivity contribution in [3.05, 3.63) is 142 Å². The number of rotatable bonds is 15. The summed E-state index contributed by atoms with van der Waals surface area (Å²) in [7, 11) is 4.39. The largest absolute Gasteiger partial charge is 0.465 e. The molecule has 0 radical (unpaired) electrons. The van der Waals surface area contributed by atoms with Crippen LogP contribution in [0.15, 0.2) is 97.1 Å². The van der Waals surface area contributed by atoms with Crippen molar-refractivity contribution < 1.29 is 76.3 Å². The summed E-state index contributed by atoms with van der Waals surface area (Å²) in [4.78, 5) is 104. The molecule has 4 aromatic carbocycles. The van der Waals surface area contributed by atoms with E-state index in [-0.39, 0.29) is 44.5 Å². The van der Waals surface area contributed by atoms with Crippen molar-refractivity contribution in [2.24, 2.45) is 0 Å². The predicted octanol–water partition coefficient (Wildman–Crippen LogP) is 4.30. The van der Waals surface area contributed by atoms with Crippen molar-refractivity contribution in [2.75, 3.05) is 41.7 Å². The van der Waals surface area contributed by atoms with Crippen LogP contribution < -0.4 is 0 Å². The van der Waals surface area contributed by atoms with Crippen LogP contribution in [0.2, 0.25) is 0 Å². The van der Waals surface area contributed by atoms with Crippen molar-refractivity contribution in [1.29, 1.82) is 0 Å². The second-order valence-electron chi connectivity index (χ2n) is 11.2. The Bertz CT molecular complexity index is 1990. The molecule has 16 heteroatoms. The normalized spacial score (nSPS) is 11.4. The quantitative estimate of drug-likeness (QED) is 0.122. The van der Waals surface area contributed by atoms with Crippen LogP contribution in [0.5, 0.6) is 0 Å². The molecular formula is C40H34O16. The molecule has 0 fully saturated rings. The maximum Gasteiger partial charge on any atom is 0.339 e. The van der Waals surface area contributed by atoms with Gasteiger partial charge in [-0.1, -0.05) is 48.5 Å². The van der Waals surface area contributed by atoms with E-state index in [1.54, 1.807) is 0 Å². The standard InChI is InChI=1S/C40H34O16/c1-49-33(41)23-13-5-9-17-27(23)37(45)53-21-31(55-39(47)29-19-11-7-15-25(29)35(43)51-3)32(56-40(48)30-20-12-8-16-26(30)36(44)52-4)22-54-38(46)28-18-10-6-14-24(28)34(42)50-2/h5-20,31-32H,21-22H2,1-4H3. The van der Waals surface area contributed by atoms with Gasteiger partial charge in [0.05, 0.1) is 72.9 Å². The summed E-state index contributed by atoms with van der Waals surface area (Å²) < 4.78 is 41.5. The smallest absolute Gasteiger partial charge is 0.339 e. The van der Waals surface area contributed by atoms with Crippen molar-refractivity contribution in [1.82, 2.24) is 0 Å². The van der Waals surface area contributed by atoms with Crippen LogP contribution in [0, 0.1) is 0 Å². The maximum absolute atomic E-state index is 13.8. The van der Waals surface area contributed by atoms with E-state index in [1.807, 2.05) is 0 Å². The topological polar surface area (TPSA) is 210 Å². The molecule has 0 aromatic heterocycles. The summed E-state index contributed by atoms with van der Waals surface area (Å²) >= 11 is 0. The zero-order valence-corrected chi connectivity index (χ0v) is 30.3. The fraction of sp³-hybridized carbons (Fsp3) is 0.200. The van der Waals surface area contributed by atoms with Gasteiger partial charge in [-0.2, -0.15) is 0 Å². The van der Waals surface area contributed by atoms with Crippen LogP contribution in [0.3, 0.4) is 0 Å². The highest BCUT2D eigenvalue weighted by Crippen LogP contribution is 2.21. The molecule has 290 valence electrons. The van der Waals surface area contributed by atoms with Gasteiger partial charge in [-0.25, -0.2) is 38.4 Å². The van der Waals surface area contributed by atoms with Gasteiger partial charge in [0.25, 0.3) is 0 Å². The minimum atomic E-state index is -1.83. The molecule has 0 saturated carbocycles. The average molecular weight is 771 g/mol. The summed E-state index contributed by atoms with van der Waals surface area (Å²) in [5.41, 5.74) is -1.86. The van der Waals surface area contributed by atoms with Gasteiger partial charge in [-0.15, -0.1) is 0 Å².